The zero-order valence-corrected chi connectivity index (χ0v) is 11.7. The molecule has 2 atom stereocenters. The number of nitrogens with zero attached hydrogens (tertiary/aromatic N) is 1. The highest BCUT2D eigenvalue weighted by molar-refractivity contribution is 5.16. The second-order valence-corrected chi connectivity index (χ2v) is 5.50. The van der Waals surface area contributed by atoms with Gasteiger partial charge in [0, 0.05) is 25.2 Å². The number of hydrogen-bond donors (Lipinski definition) is 1. The molecule has 100 valence electrons. The SMILES string of the molecule is CCCCN1CC(C)NCC1Cc1ccccc1. The summed E-state index contributed by atoms with van der Waals surface area (Å²) in [7, 11) is 0. The van der Waals surface area contributed by atoms with Gasteiger partial charge in [0.2, 0.25) is 0 Å². The average Bonchev–Trinajstić information content (AvgIpc) is 2.40. The van der Waals surface area contributed by atoms with Crippen LogP contribution >= 0.6 is 0 Å². The third-order valence-corrected chi connectivity index (χ3v) is 3.84. The quantitative estimate of drug-likeness (QED) is 0.859. The monoisotopic (exact) mass is 246 g/mol. The molecule has 0 saturated carbocycles. The van der Waals surface area contributed by atoms with E-state index in [0.29, 0.717) is 12.1 Å². The molecule has 0 bridgehead atoms. The van der Waals surface area contributed by atoms with Gasteiger partial charge in [0.15, 0.2) is 0 Å². The topological polar surface area (TPSA) is 15.3 Å². The Morgan fingerprint density at radius 1 is 1.28 bits per heavy atom. The van der Waals surface area contributed by atoms with Crippen LogP contribution in [0.1, 0.15) is 32.3 Å². The van der Waals surface area contributed by atoms with Crippen molar-refractivity contribution < 1.29 is 0 Å². The molecule has 1 saturated heterocycles. The highest BCUT2D eigenvalue weighted by Gasteiger charge is 2.25. The standard InChI is InChI=1S/C16H26N2/c1-3-4-10-18-13-14(2)17-12-16(18)11-15-8-6-5-7-9-15/h5-9,14,16-17H,3-4,10-13H2,1-2H3. The number of unbranched alkanes of at least 4 members (excludes halogenated alkanes) is 1. The molecule has 1 aromatic carbocycles. The summed E-state index contributed by atoms with van der Waals surface area (Å²) in [6, 6.07) is 12.2. The van der Waals surface area contributed by atoms with E-state index in [4.69, 9.17) is 0 Å². The van der Waals surface area contributed by atoms with E-state index in [1.807, 2.05) is 0 Å². The molecule has 1 heterocycles. The molecule has 1 fully saturated rings. The van der Waals surface area contributed by atoms with Crippen molar-refractivity contribution in [3.63, 3.8) is 0 Å². The molecule has 1 N–H and O–H groups in total. The molecule has 0 aromatic heterocycles. The predicted molar refractivity (Wildman–Crippen MR) is 77.9 cm³/mol. The molecular weight excluding hydrogens is 220 g/mol. The fourth-order valence-corrected chi connectivity index (χ4v) is 2.75. The van der Waals surface area contributed by atoms with Crippen LogP contribution in [0.5, 0.6) is 0 Å². The van der Waals surface area contributed by atoms with Gasteiger partial charge in [-0.1, -0.05) is 43.7 Å². The van der Waals surface area contributed by atoms with Gasteiger partial charge < -0.3 is 5.32 Å². The van der Waals surface area contributed by atoms with Gasteiger partial charge in [0.25, 0.3) is 0 Å². The third-order valence-electron chi connectivity index (χ3n) is 3.84. The first kappa shape index (κ1) is 13.6. The minimum absolute atomic E-state index is 0.633. The van der Waals surface area contributed by atoms with Crippen molar-refractivity contribution >= 4 is 0 Å². The molecule has 1 aliphatic heterocycles. The summed E-state index contributed by atoms with van der Waals surface area (Å²) in [5, 5.41) is 3.62. The van der Waals surface area contributed by atoms with Gasteiger partial charge in [-0.05, 0) is 31.9 Å². The molecule has 1 aliphatic rings. The zero-order chi connectivity index (χ0) is 12.8. The summed E-state index contributed by atoms with van der Waals surface area (Å²) in [5.41, 5.74) is 1.46. The van der Waals surface area contributed by atoms with E-state index < -0.39 is 0 Å². The highest BCUT2D eigenvalue weighted by Crippen LogP contribution is 2.14. The minimum Gasteiger partial charge on any atom is -0.311 e. The molecule has 1 aromatic rings. The molecular formula is C16H26N2. The van der Waals surface area contributed by atoms with E-state index in [1.165, 1.54) is 37.9 Å². The van der Waals surface area contributed by atoms with Crippen LogP contribution in [0.3, 0.4) is 0 Å². The second-order valence-electron chi connectivity index (χ2n) is 5.50. The van der Waals surface area contributed by atoms with E-state index in [0.717, 1.165) is 6.54 Å². The van der Waals surface area contributed by atoms with Crippen molar-refractivity contribution in [2.75, 3.05) is 19.6 Å². The smallest absolute Gasteiger partial charge is 0.0261 e. The predicted octanol–water partition coefficient (Wildman–Crippen LogP) is 2.69. The van der Waals surface area contributed by atoms with E-state index in [9.17, 15) is 0 Å². The fraction of sp³-hybridized carbons (Fsp3) is 0.625. The summed E-state index contributed by atoms with van der Waals surface area (Å²) in [4.78, 5) is 2.68. The normalized spacial score (nSPS) is 25.2. The van der Waals surface area contributed by atoms with E-state index in [1.54, 1.807) is 0 Å². The maximum atomic E-state index is 3.62. The van der Waals surface area contributed by atoms with Crippen molar-refractivity contribution in [1.82, 2.24) is 10.2 Å². The van der Waals surface area contributed by atoms with Crippen molar-refractivity contribution in [2.24, 2.45) is 0 Å². The van der Waals surface area contributed by atoms with Gasteiger partial charge in [-0.15, -0.1) is 0 Å². The van der Waals surface area contributed by atoms with Gasteiger partial charge in [-0.3, -0.25) is 4.90 Å². The zero-order valence-electron chi connectivity index (χ0n) is 11.7. The fourth-order valence-electron chi connectivity index (χ4n) is 2.75. The maximum Gasteiger partial charge on any atom is 0.0261 e. The van der Waals surface area contributed by atoms with Gasteiger partial charge in [0.05, 0.1) is 0 Å². The van der Waals surface area contributed by atoms with Crippen molar-refractivity contribution in [3.8, 4) is 0 Å². The van der Waals surface area contributed by atoms with Gasteiger partial charge in [-0.2, -0.15) is 0 Å². The van der Waals surface area contributed by atoms with Crippen LogP contribution in [-0.2, 0) is 6.42 Å². The van der Waals surface area contributed by atoms with E-state index >= 15 is 0 Å². The molecule has 2 nitrogen and oxygen atoms in total. The highest BCUT2D eigenvalue weighted by atomic mass is 15.2. The molecule has 18 heavy (non-hydrogen) atoms. The van der Waals surface area contributed by atoms with Crippen LogP contribution in [-0.4, -0.2) is 36.6 Å². The van der Waals surface area contributed by atoms with Crippen LogP contribution in [0, 0.1) is 0 Å². The van der Waals surface area contributed by atoms with Gasteiger partial charge in [-0.25, -0.2) is 0 Å². The second kappa shape index (κ2) is 6.91. The molecule has 0 spiro atoms. The average molecular weight is 246 g/mol. The first-order chi connectivity index (χ1) is 8.79. The molecule has 2 unspecified atom stereocenters. The van der Waals surface area contributed by atoms with Crippen molar-refractivity contribution in [3.05, 3.63) is 35.9 Å². The lowest BCUT2D eigenvalue weighted by Crippen LogP contribution is -2.56. The van der Waals surface area contributed by atoms with Crippen LogP contribution in [0.2, 0.25) is 0 Å². The van der Waals surface area contributed by atoms with Crippen molar-refractivity contribution in [2.45, 2.75) is 45.2 Å². The summed E-state index contributed by atoms with van der Waals surface area (Å²) < 4.78 is 0. The summed E-state index contributed by atoms with van der Waals surface area (Å²) in [6.45, 7) is 8.13. The Morgan fingerprint density at radius 3 is 2.78 bits per heavy atom. The molecule has 2 rings (SSSR count). The number of hydrogen-bond acceptors (Lipinski definition) is 2. The summed E-state index contributed by atoms with van der Waals surface area (Å²) in [5.74, 6) is 0. The Balaban J connectivity index is 1.95. The minimum atomic E-state index is 0.633. The molecule has 0 radical (unpaired) electrons. The maximum absolute atomic E-state index is 3.62. The van der Waals surface area contributed by atoms with Crippen LogP contribution < -0.4 is 5.32 Å². The summed E-state index contributed by atoms with van der Waals surface area (Å²) in [6.07, 6.45) is 3.78. The lowest BCUT2D eigenvalue weighted by Gasteiger charge is -2.39. The third kappa shape index (κ3) is 3.82. The van der Waals surface area contributed by atoms with Gasteiger partial charge in [0.1, 0.15) is 0 Å². The lowest BCUT2D eigenvalue weighted by molar-refractivity contribution is 0.133. The largest absolute Gasteiger partial charge is 0.311 e. The van der Waals surface area contributed by atoms with Crippen molar-refractivity contribution in [1.29, 1.82) is 0 Å². The first-order valence-electron chi connectivity index (χ1n) is 7.31. The Bertz CT molecular complexity index is 336. The van der Waals surface area contributed by atoms with Crippen LogP contribution in [0.4, 0.5) is 0 Å². The lowest BCUT2D eigenvalue weighted by atomic mass is 10.0. The number of piperazine rings is 1. The van der Waals surface area contributed by atoms with Crippen LogP contribution in [0.15, 0.2) is 30.3 Å². The Kier molecular flexibility index (Phi) is 5.21. The number of rotatable bonds is 5. The first-order valence-corrected chi connectivity index (χ1v) is 7.31. The number of benzene rings is 1. The Labute approximate surface area is 111 Å². The molecule has 0 amide bonds. The van der Waals surface area contributed by atoms with Gasteiger partial charge >= 0.3 is 0 Å². The van der Waals surface area contributed by atoms with E-state index in [2.05, 4.69) is 54.4 Å². The number of nitrogens with one attached hydrogen (secondary N) is 1. The molecule has 2 heteroatoms. The van der Waals surface area contributed by atoms with Crippen LogP contribution in [0.25, 0.3) is 0 Å². The molecule has 0 aliphatic carbocycles. The summed E-state index contributed by atoms with van der Waals surface area (Å²) >= 11 is 0. The Hall–Kier alpha value is -0.860. The van der Waals surface area contributed by atoms with E-state index in [-0.39, 0.29) is 0 Å². The Morgan fingerprint density at radius 2 is 2.06 bits per heavy atom.